The topological polar surface area (TPSA) is 72.8 Å². The quantitative estimate of drug-likeness (QED) is 0.410. The van der Waals surface area contributed by atoms with Crippen LogP contribution in [0.3, 0.4) is 0 Å². The Morgan fingerprint density at radius 1 is 1.60 bits per heavy atom. The molecule has 0 unspecified atom stereocenters. The number of hydrogen-bond acceptors (Lipinski definition) is 4. The van der Waals surface area contributed by atoms with E-state index in [2.05, 4.69) is 5.43 Å². The summed E-state index contributed by atoms with van der Waals surface area (Å²) >= 11 is -1.75. The van der Waals surface area contributed by atoms with Crippen molar-refractivity contribution in [2.75, 3.05) is 13.1 Å². The van der Waals surface area contributed by atoms with Crippen LogP contribution in [0.2, 0.25) is 0 Å². The van der Waals surface area contributed by atoms with Crippen molar-refractivity contribution in [1.82, 2.24) is 10.6 Å². The van der Waals surface area contributed by atoms with Gasteiger partial charge in [-0.05, 0) is 6.92 Å². The third kappa shape index (κ3) is 15.8. The van der Waals surface area contributed by atoms with Crippen molar-refractivity contribution < 1.29 is 31.7 Å². The van der Waals surface area contributed by atoms with Crippen molar-refractivity contribution in [2.45, 2.75) is 13.8 Å². The monoisotopic (exact) mass is 185 g/mol. The fourth-order valence-electron chi connectivity index (χ4n) is 0.294. The van der Waals surface area contributed by atoms with E-state index in [0.29, 0.717) is 6.54 Å². The van der Waals surface area contributed by atoms with E-state index in [1.54, 1.807) is 0 Å². The van der Waals surface area contributed by atoms with Crippen LogP contribution >= 0.6 is 0 Å². The number of hydrazine groups is 1. The van der Waals surface area contributed by atoms with Gasteiger partial charge in [0, 0.05) is 13.1 Å². The van der Waals surface area contributed by atoms with Crippen molar-refractivity contribution in [3.8, 4) is 0 Å². The summed E-state index contributed by atoms with van der Waals surface area (Å²) in [6, 6.07) is 0. The maximum atomic E-state index is 8.61. The Morgan fingerprint density at radius 2 is 2.00 bits per heavy atom. The zero-order chi connectivity index (χ0) is 8.41. The molecule has 0 aliphatic heterocycles. The van der Waals surface area contributed by atoms with Gasteiger partial charge >= 0.3 is 26.5 Å². The van der Waals surface area contributed by atoms with Gasteiger partial charge in [0.15, 0.2) is 0 Å². The first-order valence-corrected chi connectivity index (χ1v) is 4.27. The van der Waals surface area contributed by atoms with Crippen LogP contribution in [0.25, 0.3) is 0 Å². The SMILES string of the molecule is CCNN(O)CC.[O]=[Ti][OH]. The van der Waals surface area contributed by atoms with Crippen LogP contribution in [0.15, 0.2) is 0 Å². The Bertz CT molecular complexity index is 73.5. The Labute approximate surface area is 69.7 Å². The second-order valence-corrected chi connectivity index (χ2v) is 1.60. The van der Waals surface area contributed by atoms with E-state index in [-0.39, 0.29) is 0 Å². The van der Waals surface area contributed by atoms with Gasteiger partial charge < -0.3 is 0 Å². The predicted octanol–water partition coefficient (Wildman–Crippen LogP) is -0.456. The average molecular weight is 185 g/mol. The molecule has 0 heterocycles. The first-order chi connectivity index (χ1) is 4.72. The van der Waals surface area contributed by atoms with E-state index < -0.39 is 19.5 Å². The molecule has 5 nitrogen and oxygen atoms in total. The molecule has 0 radical (unpaired) electrons. The zero-order valence-electron chi connectivity index (χ0n) is 6.16. The van der Waals surface area contributed by atoms with Crippen molar-refractivity contribution in [3.05, 3.63) is 0 Å². The summed E-state index contributed by atoms with van der Waals surface area (Å²) in [5.74, 6) is 0. The molecule has 0 aliphatic carbocycles. The maximum absolute atomic E-state index is 8.61. The van der Waals surface area contributed by atoms with E-state index in [4.69, 9.17) is 12.2 Å². The summed E-state index contributed by atoms with van der Waals surface area (Å²) in [4.78, 5) is 0. The Hall–Kier alpha value is 0.354. The van der Waals surface area contributed by atoms with Crippen LogP contribution < -0.4 is 5.43 Å². The van der Waals surface area contributed by atoms with Crippen molar-refractivity contribution in [3.63, 3.8) is 0 Å². The van der Waals surface area contributed by atoms with Crippen LogP contribution in [0.5, 0.6) is 0 Å². The first kappa shape index (κ1) is 13.0. The van der Waals surface area contributed by atoms with Crippen LogP contribution in [0.4, 0.5) is 0 Å². The van der Waals surface area contributed by atoms with Gasteiger partial charge in [0.2, 0.25) is 0 Å². The van der Waals surface area contributed by atoms with Gasteiger partial charge in [-0.15, -0.1) is 5.17 Å². The molecule has 0 bridgehead atoms. The van der Waals surface area contributed by atoms with Gasteiger partial charge in [0.05, 0.1) is 0 Å². The van der Waals surface area contributed by atoms with Crippen molar-refractivity contribution >= 4 is 0 Å². The van der Waals surface area contributed by atoms with Crippen LogP contribution in [-0.2, 0) is 22.8 Å². The fraction of sp³-hybridized carbons (Fsp3) is 1.00. The molecule has 0 atom stereocenters. The summed E-state index contributed by atoms with van der Waals surface area (Å²) in [7, 11) is 0. The summed E-state index contributed by atoms with van der Waals surface area (Å²) < 4.78 is 15.8. The average Bonchev–Trinajstić information content (AvgIpc) is 1.90. The molecule has 0 fully saturated rings. The number of hydrogen-bond donors (Lipinski definition) is 3. The zero-order valence-corrected chi connectivity index (χ0v) is 7.73. The summed E-state index contributed by atoms with van der Waals surface area (Å²) in [6.07, 6.45) is 0. The van der Waals surface area contributed by atoms with Gasteiger partial charge in [0.1, 0.15) is 0 Å². The number of nitrogens with one attached hydrogen (secondary N) is 1. The molecule has 0 aliphatic rings. The summed E-state index contributed by atoms with van der Waals surface area (Å²) in [5, 5.41) is 9.64. The standard InChI is InChI=1S/C4H12N2O.H2O.O.Ti/c1-3-5-6(7)4-2;;;/h5,7H,3-4H2,1-2H3;1H2;;/q;;;+1/p-1. The summed E-state index contributed by atoms with van der Waals surface area (Å²) in [6.45, 7) is 5.18. The molecule has 6 heteroatoms. The van der Waals surface area contributed by atoms with E-state index >= 15 is 0 Å². The minimum absolute atomic E-state index is 0.619. The van der Waals surface area contributed by atoms with E-state index in [0.717, 1.165) is 11.7 Å². The van der Waals surface area contributed by atoms with Gasteiger partial charge in [-0.25, -0.2) is 5.43 Å². The molecule has 0 spiro atoms. The molecular weight excluding hydrogens is 172 g/mol. The molecule has 0 aromatic rings. The van der Waals surface area contributed by atoms with Crippen LogP contribution in [0.1, 0.15) is 13.8 Å². The molecule has 0 amide bonds. The van der Waals surface area contributed by atoms with E-state index in [9.17, 15) is 0 Å². The molecule has 0 saturated heterocycles. The second kappa shape index (κ2) is 12.1. The molecule has 0 rings (SSSR count). The molecule has 0 aromatic carbocycles. The molecular formula is C4H13N2O3Ti. The Kier molecular flexibility index (Phi) is 15.7. The molecule has 3 N–H and O–H groups in total. The van der Waals surface area contributed by atoms with Gasteiger partial charge in [-0.1, -0.05) is 6.92 Å². The molecule has 10 heavy (non-hydrogen) atoms. The molecule has 61 valence electrons. The van der Waals surface area contributed by atoms with Crippen molar-refractivity contribution in [2.24, 2.45) is 0 Å². The third-order valence-electron chi connectivity index (χ3n) is 0.640. The first-order valence-electron chi connectivity index (χ1n) is 2.94. The second-order valence-electron chi connectivity index (χ2n) is 1.32. The number of nitrogens with zero attached hydrogens (tertiary/aromatic N) is 1. The molecule has 0 saturated carbocycles. The van der Waals surface area contributed by atoms with Gasteiger partial charge in [-0.2, -0.15) is 0 Å². The van der Waals surface area contributed by atoms with Crippen LogP contribution in [0, 0.1) is 0 Å². The van der Waals surface area contributed by atoms with E-state index in [1.807, 2.05) is 13.8 Å². The Morgan fingerprint density at radius 3 is 2.10 bits per heavy atom. The fourth-order valence-corrected chi connectivity index (χ4v) is 0.294. The molecule has 0 aromatic heterocycles. The van der Waals surface area contributed by atoms with Crippen molar-refractivity contribution in [1.29, 1.82) is 0 Å². The van der Waals surface area contributed by atoms with Crippen LogP contribution in [-0.4, -0.2) is 27.2 Å². The Balaban J connectivity index is 0. The predicted molar refractivity (Wildman–Crippen MR) is 30.7 cm³/mol. The van der Waals surface area contributed by atoms with Gasteiger partial charge in [-0.3, -0.25) is 5.21 Å². The number of rotatable bonds is 3. The minimum atomic E-state index is -1.75. The third-order valence-corrected chi connectivity index (χ3v) is 0.640. The number of hydroxylamine groups is 1. The summed E-state index contributed by atoms with van der Waals surface area (Å²) in [5.41, 5.74) is 2.68. The normalized spacial score (nSPS) is 8.10. The van der Waals surface area contributed by atoms with E-state index in [1.165, 1.54) is 0 Å². The van der Waals surface area contributed by atoms with Gasteiger partial charge in [0.25, 0.3) is 0 Å².